The molecule has 2 aliphatic heterocycles. The Morgan fingerprint density at radius 2 is 1.92 bits per heavy atom. The number of carbonyl (C=O) groups excluding carboxylic acids is 2. The molecule has 36 heavy (non-hydrogen) atoms. The predicted molar refractivity (Wildman–Crippen MR) is 132 cm³/mol. The van der Waals surface area contributed by atoms with E-state index in [-0.39, 0.29) is 42.4 Å². The van der Waals surface area contributed by atoms with Gasteiger partial charge < -0.3 is 30.8 Å². The number of hydrogen-bond donors (Lipinski definition) is 4. The molecule has 12 heteroatoms. The van der Waals surface area contributed by atoms with Gasteiger partial charge >= 0.3 is 0 Å². The lowest BCUT2D eigenvalue weighted by Gasteiger charge is -2.39. The molecular formula is C24H28FN7O4. The van der Waals surface area contributed by atoms with Gasteiger partial charge in [0.05, 0.1) is 18.8 Å². The quantitative estimate of drug-likeness (QED) is 0.202. The van der Waals surface area contributed by atoms with Crippen molar-refractivity contribution in [2.45, 2.75) is 25.7 Å². The normalized spacial score (nSPS) is 19.9. The topological polar surface area (TPSA) is 145 Å². The number of rotatable bonds is 6. The number of halogens is 1. The molecule has 2 heterocycles. The highest BCUT2D eigenvalue weighted by Crippen LogP contribution is 2.23. The summed E-state index contributed by atoms with van der Waals surface area (Å²) in [7, 11) is 0. The lowest BCUT2D eigenvalue weighted by molar-refractivity contribution is -0.119. The van der Waals surface area contributed by atoms with Gasteiger partial charge in [-0.25, -0.2) is 9.82 Å². The molecule has 0 aromatic heterocycles. The van der Waals surface area contributed by atoms with Gasteiger partial charge in [0.15, 0.2) is 6.30 Å². The Hall–Kier alpha value is -4.35. The van der Waals surface area contributed by atoms with Crippen molar-refractivity contribution in [2.24, 2.45) is 16.0 Å². The van der Waals surface area contributed by atoms with Crippen LogP contribution in [-0.4, -0.2) is 72.1 Å². The summed E-state index contributed by atoms with van der Waals surface area (Å²) in [6, 6.07) is 13.3. The SMILES string of the molecule is CC(=O)NCC1CC(c2ccc(N3CCN(/C(N)=N/NC(=O)c4ccc(O)cc4)C(F)C3)cc2)=NO1. The molecule has 0 spiro atoms. The molecule has 1 fully saturated rings. The molecule has 4 rings (SSSR count). The largest absolute Gasteiger partial charge is 0.508 e. The van der Waals surface area contributed by atoms with Crippen molar-refractivity contribution in [3.8, 4) is 5.75 Å². The third kappa shape index (κ3) is 6.01. The highest BCUT2D eigenvalue weighted by molar-refractivity contribution is 6.01. The summed E-state index contributed by atoms with van der Waals surface area (Å²) in [5, 5.41) is 20.0. The fourth-order valence-electron chi connectivity index (χ4n) is 3.91. The number of hydrogen-bond acceptors (Lipinski definition) is 7. The lowest BCUT2D eigenvalue weighted by atomic mass is 10.0. The zero-order chi connectivity index (χ0) is 25.7. The first-order valence-electron chi connectivity index (χ1n) is 11.5. The number of benzene rings is 2. The van der Waals surface area contributed by atoms with Crippen molar-refractivity contribution < 1.29 is 23.9 Å². The summed E-state index contributed by atoms with van der Waals surface area (Å²) in [5.41, 5.74) is 11.1. The predicted octanol–water partition coefficient (Wildman–Crippen LogP) is 1.10. The van der Waals surface area contributed by atoms with E-state index >= 15 is 0 Å². The van der Waals surface area contributed by atoms with E-state index in [2.05, 4.69) is 21.0 Å². The molecule has 5 N–H and O–H groups in total. The number of phenols is 1. The molecule has 2 aromatic carbocycles. The van der Waals surface area contributed by atoms with Gasteiger partial charge in [0, 0.05) is 37.7 Å². The van der Waals surface area contributed by atoms with E-state index in [9.17, 15) is 19.1 Å². The number of amides is 2. The summed E-state index contributed by atoms with van der Waals surface area (Å²) in [6.45, 7) is 2.71. The minimum absolute atomic E-state index is 0.0380. The minimum atomic E-state index is -1.42. The molecule has 2 aliphatic rings. The van der Waals surface area contributed by atoms with Crippen LogP contribution in [0.5, 0.6) is 5.75 Å². The average Bonchev–Trinajstić information content (AvgIpc) is 3.35. The Morgan fingerprint density at radius 1 is 1.19 bits per heavy atom. The molecular weight excluding hydrogens is 469 g/mol. The number of alkyl halides is 1. The Balaban J connectivity index is 1.29. The van der Waals surface area contributed by atoms with Gasteiger partial charge in [-0.3, -0.25) is 9.59 Å². The van der Waals surface area contributed by atoms with Crippen molar-refractivity contribution in [1.82, 2.24) is 15.6 Å². The molecule has 2 unspecified atom stereocenters. The standard InChI is InChI=1S/C24H28FN7O4/c1-15(33)27-13-20-12-21(30-36-20)16-2-6-18(7-3-16)31-10-11-32(22(25)14-31)24(26)29-28-23(35)17-4-8-19(34)9-5-17/h2-9,20,22,34H,10-14H2,1H3,(H2,26,29)(H,27,33)(H,28,35). The number of guanidine groups is 1. The van der Waals surface area contributed by atoms with Crippen LogP contribution >= 0.6 is 0 Å². The highest BCUT2D eigenvalue weighted by Gasteiger charge is 2.29. The Bertz CT molecular complexity index is 1150. The van der Waals surface area contributed by atoms with Crippen LogP contribution in [0, 0.1) is 0 Å². The average molecular weight is 498 g/mol. The fraction of sp³-hybridized carbons (Fsp3) is 0.333. The van der Waals surface area contributed by atoms with Crippen LogP contribution in [0.15, 0.2) is 58.8 Å². The van der Waals surface area contributed by atoms with Gasteiger partial charge in [-0.15, -0.1) is 5.10 Å². The molecule has 2 aromatic rings. The fourth-order valence-corrected chi connectivity index (χ4v) is 3.91. The van der Waals surface area contributed by atoms with Gasteiger partial charge in [-0.2, -0.15) is 0 Å². The van der Waals surface area contributed by atoms with Gasteiger partial charge in [-0.1, -0.05) is 17.3 Å². The maximum atomic E-state index is 14.9. The molecule has 0 bridgehead atoms. The number of anilines is 1. The number of piperazine rings is 1. The molecule has 0 aliphatic carbocycles. The number of nitrogens with one attached hydrogen (secondary N) is 2. The monoisotopic (exact) mass is 497 g/mol. The Labute approximate surface area is 207 Å². The third-order valence-electron chi connectivity index (χ3n) is 5.89. The van der Waals surface area contributed by atoms with E-state index in [1.54, 1.807) is 0 Å². The van der Waals surface area contributed by atoms with Crippen LogP contribution in [0.4, 0.5) is 10.1 Å². The molecule has 0 saturated carbocycles. The van der Waals surface area contributed by atoms with E-state index in [0.29, 0.717) is 19.5 Å². The van der Waals surface area contributed by atoms with Crippen LogP contribution in [0.2, 0.25) is 0 Å². The number of oxime groups is 1. The van der Waals surface area contributed by atoms with Crippen molar-refractivity contribution in [1.29, 1.82) is 0 Å². The highest BCUT2D eigenvalue weighted by atomic mass is 19.1. The van der Waals surface area contributed by atoms with Gasteiger partial charge in [0.1, 0.15) is 11.9 Å². The summed E-state index contributed by atoms with van der Waals surface area (Å²) in [6.07, 6.45) is -1.02. The number of hydrazone groups is 1. The summed E-state index contributed by atoms with van der Waals surface area (Å²) in [4.78, 5) is 31.8. The second kappa shape index (κ2) is 10.9. The first kappa shape index (κ1) is 24.8. The van der Waals surface area contributed by atoms with E-state index < -0.39 is 12.2 Å². The minimum Gasteiger partial charge on any atom is -0.508 e. The zero-order valence-corrected chi connectivity index (χ0v) is 19.7. The number of nitrogens with two attached hydrogens (primary N) is 1. The first-order valence-corrected chi connectivity index (χ1v) is 11.5. The lowest BCUT2D eigenvalue weighted by Crippen LogP contribution is -2.56. The van der Waals surface area contributed by atoms with Crippen molar-refractivity contribution in [3.05, 3.63) is 59.7 Å². The Kier molecular flexibility index (Phi) is 7.52. The smallest absolute Gasteiger partial charge is 0.271 e. The van der Waals surface area contributed by atoms with E-state index in [0.717, 1.165) is 17.0 Å². The summed E-state index contributed by atoms with van der Waals surface area (Å²) < 4.78 is 14.9. The van der Waals surface area contributed by atoms with Crippen molar-refractivity contribution >= 4 is 29.2 Å². The molecule has 11 nitrogen and oxygen atoms in total. The third-order valence-corrected chi connectivity index (χ3v) is 5.89. The maximum Gasteiger partial charge on any atom is 0.271 e. The van der Waals surface area contributed by atoms with Crippen molar-refractivity contribution in [2.75, 3.05) is 31.1 Å². The Morgan fingerprint density at radius 3 is 2.58 bits per heavy atom. The summed E-state index contributed by atoms with van der Waals surface area (Å²) in [5.74, 6) is -0.728. The van der Waals surface area contributed by atoms with Crippen LogP contribution in [-0.2, 0) is 9.63 Å². The van der Waals surface area contributed by atoms with Crippen LogP contribution in [0.25, 0.3) is 0 Å². The van der Waals surface area contributed by atoms with Crippen molar-refractivity contribution in [3.63, 3.8) is 0 Å². The molecule has 1 saturated heterocycles. The number of nitrogens with zero attached hydrogens (tertiary/aromatic N) is 4. The molecule has 2 atom stereocenters. The van der Waals surface area contributed by atoms with E-state index in [1.807, 2.05) is 29.2 Å². The van der Waals surface area contributed by atoms with E-state index in [4.69, 9.17) is 10.6 Å². The van der Waals surface area contributed by atoms with Gasteiger partial charge in [-0.05, 0) is 42.0 Å². The molecule has 190 valence electrons. The zero-order valence-electron chi connectivity index (χ0n) is 19.7. The van der Waals surface area contributed by atoms with E-state index in [1.165, 1.54) is 36.1 Å². The molecule has 0 radical (unpaired) electrons. The first-order chi connectivity index (χ1) is 17.3. The number of phenolic OH excluding ortho intramolecular Hbond substituents is 1. The second-order valence-corrected chi connectivity index (χ2v) is 8.49. The maximum absolute atomic E-state index is 14.9. The van der Waals surface area contributed by atoms with Crippen LogP contribution in [0.3, 0.4) is 0 Å². The second-order valence-electron chi connectivity index (χ2n) is 8.49. The van der Waals surface area contributed by atoms with Crippen LogP contribution in [0.1, 0.15) is 29.3 Å². The van der Waals surface area contributed by atoms with Gasteiger partial charge in [0.2, 0.25) is 11.9 Å². The van der Waals surface area contributed by atoms with Crippen LogP contribution < -0.4 is 21.4 Å². The number of aromatic hydroxyl groups is 1. The summed E-state index contributed by atoms with van der Waals surface area (Å²) >= 11 is 0. The number of carbonyl (C=O) groups is 2. The van der Waals surface area contributed by atoms with Gasteiger partial charge in [0.25, 0.3) is 5.91 Å². The molecule has 2 amide bonds.